The highest BCUT2D eigenvalue weighted by Crippen LogP contribution is 2.25. The van der Waals surface area contributed by atoms with Gasteiger partial charge in [0.15, 0.2) is 0 Å². The molecule has 0 saturated carbocycles. The van der Waals surface area contributed by atoms with Gasteiger partial charge in [0.05, 0.1) is 5.75 Å². The van der Waals surface area contributed by atoms with Gasteiger partial charge in [-0.15, -0.1) is 11.8 Å². The van der Waals surface area contributed by atoms with Gasteiger partial charge in [0.2, 0.25) is 5.91 Å². The van der Waals surface area contributed by atoms with Crippen LogP contribution in [0.25, 0.3) is 0 Å². The Kier molecular flexibility index (Phi) is 4.86. The summed E-state index contributed by atoms with van der Waals surface area (Å²) >= 11 is 1.56. The van der Waals surface area contributed by atoms with Gasteiger partial charge in [0.25, 0.3) is 0 Å². The number of hydrogen-bond acceptors (Lipinski definition) is 3. The van der Waals surface area contributed by atoms with Crippen LogP contribution in [0.15, 0.2) is 0 Å². The van der Waals surface area contributed by atoms with Crippen molar-refractivity contribution >= 4 is 23.6 Å². The standard InChI is InChI=1S/C12H21NO3S/c1-12(2,3)17-8-10(14)13-7-5-4-6-9(13)11(15)16/h9H,4-8H2,1-3H3,(H,15,16)/t9-/m1/s1. The SMILES string of the molecule is CC(C)(C)SCC(=O)N1CCCC[C@@H]1C(=O)O. The highest BCUT2D eigenvalue weighted by Gasteiger charge is 2.32. The molecule has 1 aliphatic rings. The molecular formula is C12H21NO3S. The highest BCUT2D eigenvalue weighted by molar-refractivity contribution is 8.01. The number of thioether (sulfide) groups is 1. The first-order valence-corrected chi connectivity index (χ1v) is 6.96. The highest BCUT2D eigenvalue weighted by atomic mass is 32.2. The normalized spacial score (nSPS) is 21.4. The number of carboxylic acids is 1. The molecule has 4 nitrogen and oxygen atoms in total. The molecule has 0 radical (unpaired) electrons. The van der Waals surface area contributed by atoms with Gasteiger partial charge >= 0.3 is 5.97 Å². The van der Waals surface area contributed by atoms with Crippen LogP contribution in [0.4, 0.5) is 0 Å². The van der Waals surface area contributed by atoms with Crippen LogP contribution in [-0.2, 0) is 9.59 Å². The van der Waals surface area contributed by atoms with E-state index >= 15 is 0 Å². The predicted molar refractivity (Wildman–Crippen MR) is 69.2 cm³/mol. The predicted octanol–water partition coefficient (Wildman–Crippen LogP) is 1.98. The lowest BCUT2D eigenvalue weighted by molar-refractivity contribution is -0.150. The largest absolute Gasteiger partial charge is 0.480 e. The molecule has 0 aromatic rings. The van der Waals surface area contributed by atoms with E-state index in [1.54, 1.807) is 11.8 Å². The molecule has 0 aliphatic carbocycles. The number of amides is 1. The van der Waals surface area contributed by atoms with E-state index in [-0.39, 0.29) is 10.7 Å². The smallest absolute Gasteiger partial charge is 0.326 e. The van der Waals surface area contributed by atoms with Gasteiger partial charge in [-0.25, -0.2) is 4.79 Å². The summed E-state index contributed by atoms with van der Waals surface area (Å²) in [5.41, 5.74) is 0. The van der Waals surface area contributed by atoms with Crippen molar-refractivity contribution in [2.24, 2.45) is 0 Å². The van der Waals surface area contributed by atoms with E-state index < -0.39 is 12.0 Å². The average Bonchev–Trinajstić information content (AvgIpc) is 2.25. The third-order valence-corrected chi connectivity index (χ3v) is 3.99. The van der Waals surface area contributed by atoms with E-state index in [0.717, 1.165) is 12.8 Å². The molecule has 1 saturated heterocycles. The Balaban J connectivity index is 2.56. The van der Waals surface area contributed by atoms with Crippen LogP contribution in [0.5, 0.6) is 0 Å². The summed E-state index contributed by atoms with van der Waals surface area (Å²) in [6.45, 7) is 6.74. The fourth-order valence-electron chi connectivity index (χ4n) is 1.85. The number of hydrogen-bond donors (Lipinski definition) is 1. The Morgan fingerprint density at radius 1 is 1.35 bits per heavy atom. The van der Waals surface area contributed by atoms with Gasteiger partial charge in [0, 0.05) is 11.3 Å². The number of piperidine rings is 1. The van der Waals surface area contributed by atoms with Crippen LogP contribution >= 0.6 is 11.8 Å². The fraction of sp³-hybridized carbons (Fsp3) is 0.833. The summed E-state index contributed by atoms with van der Waals surface area (Å²) in [6, 6.07) is -0.614. The quantitative estimate of drug-likeness (QED) is 0.842. The molecule has 5 heteroatoms. The van der Waals surface area contributed by atoms with Crippen LogP contribution in [-0.4, -0.2) is 45.0 Å². The third-order valence-electron chi connectivity index (χ3n) is 2.74. The number of carboxylic acid groups (broad SMARTS) is 1. The zero-order valence-corrected chi connectivity index (χ0v) is 11.5. The monoisotopic (exact) mass is 259 g/mol. The summed E-state index contributed by atoms with van der Waals surface area (Å²) in [6.07, 6.45) is 2.39. The molecule has 1 atom stereocenters. The summed E-state index contributed by atoms with van der Waals surface area (Å²) < 4.78 is 0.0319. The van der Waals surface area contributed by atoms with Gasteiger partial charge in [-0.2, -0.15) is 0 Å². The molecular weight excluding hydrogens is 238 g/mol. The van der Waals surface area contributed by atoms with Crippen LogP contribution in [0.3, 0.4) is 0 Å². The van der Waals surface area contributed by atoms with Crippen LogP contribution < -0.4 is 0 Å². The molecule has 98 valence electrons. The van der Waals surface area contributed by atoms with E-state index in [2.05, 4.69) is 20.8 Å². The Labute approximate surface area is 107 Å². The number of carbonyl (C=O) groups is 2. The van der Waals surface area contributed by atoms with E-state index in [9.17, 15) is 9.59 Å². The second-order valence-corrected chi connectivity index (χ2v) is 7.14. The number of likely N-dealkylation sites (tertiary alicyclic amines) is 1. The molecule has 0 spiro atoms. The molecule has 0 unspecified atom stereocenters. The minimum Gasteiger partial charge on any atom is -0.480 e. The van der Waals surface area contributed by atoms with Crippen molar-refractivity contribution in [1.29, 1.82) is 0 Å². The molecule has 0 aromatic heterocycles. The lowest BCUT2D eigenvalue weighted by Crippen LogP contribution is -2.48. The van der Waals surface area contributed by atoms with Crippen LogP contribution in [0, 0.1) is 0 Å². The number of aliphatic carboxylic acids is 1. The van der Waals surface area contributed by atoms with E-state index in [1.165, 1.54) is 4.90 Å². The zero-order chi connectivity index (χ0) is 13.1. The molecule has 17 heavy (non-hydrogen) atoms. The van der Waals surface area contributed by atoms with Crippen molar-refractivity contribution in [2.45, 2.75) is 50.8 Å². The molecule has 1 heterocycles. The Bertz CT molecular complexity index is 299. The first-order valence-electron chi connectivity index (χ1n) is 5.97. The number of rotatable bonds is 3. The maximum atomic E-state index is 12.0. The maximum absolute atomic E-state index is 12.0. The fourth-order valence-corrected chi connectivity index (χ4v) is 2.57. The molecule has 0 bridgehead atoms. The zero-order valence-electron chi connectivity index (χ0n) is 10.7. The summed E-state index contributed by atoms with van der Waals surface area (Å²) in [5.74, 6) is -0.552. The van der Waals surface area contributed by atoms with Crippen molar-refractivity contribution in [3.8, 4) is 0 Å². The summed E-state index contributed by atoms with van der Waals surface area (Å²) in [5, 5.41) is 9.08. The van der Waals surface area contributed by atoms with Crippen molar-refractivity contribution in [1.82, 2.24) is 4.90 Å². The molecule has 0 aromatic carbocycles. The maximum Gasteiger partial charge on any atom is 0.326 e. The van der Waals surface area contributed by atoms with Gasteiger partial charge in [-0.05, 0) is 19.3 Å². The molecule has 1 rings (SSSR count). The number of carbonyl (C=O) groups excluding carboxylic acids is 1. The molecule has 1 aliphatic heterocycles. The first kappa shape index (κ1) is 14.4. The van der Waals surface area contributed by atoms with Gasteiger partial charge in [0.1, 0.15) is 6.04 Å². The van der Waals surface area contributed by atoms with Crippen molar-refractivity contribution in [2.75, 3.05) is 12.3 Å². The minimum atomic E-state index is -0.876. The minimum absolute atomic E-state index is 0.0319. The lowest BCUT2D eigenvalue weighted by atomic mass is 10.0. The Hall–Kier alpha value is -0.710. The summed E-state index contributed by atoms with van der Waals surface area (Å²) in [7, 11) is 0. The summed E-state index contributed by atoms with van der Waals surface area (Å²) in [4.78, 5) is 24.6. The van der Waals surface area contributed by atoms with Crippen LogP contribution in [0.2, 0.25) is 0 Å². The van der Waals surface area contributed by atoms with E-state index in [1.807, 2.05) is 0 Å². The van der Waals surface area contributed by atoms with Gasteiger partial charge in [-0.1, -0.05) is 20.8 Å². The number of nitrogens with zero attached hydrogens (tertiary/aromatic N) is 1. The third kappa shape index (κ3) is 4.58. The van der Waals surface area contributed by atoms with Crippen molar-refractivity contribution < 1.29 is 14.7 Å². The van der Waals surface area contributed by atoms with E-state index in [4.69, 9.17) is 5.11 Å². The first-order chi connectivity index (χ1) is 7.81. The molecule has 1 amide bonds. The Morgan fingerprint density at radius 2 is 2.00 bits per heavy atom. The lowest BCUT2D eigenvalue weighted by Gasteiger charge is -2.33. The van der Waals surface area contributed by atoms with Crippen molar-refractivity contribution in [3.63, 3.8) is 0 Å². The van der Waals surface area contributed by atoms with Gasteiger partial charge < -0.3 is 10.0 Å². The molecule has 1 fully saturated rings. The van der Waals surface area contributed by atoms with E-state index in [0.29, 0.717) is 18.7 Å². The second-order valence-electron chi connectivity index (χ2n) is 5.34. The molecule has 1 N–H and O–H groups in total. The van der Waals surface area contributed by atoms with Gasteiger partial charge in [-0.3, -0.25) is 4.79 Å². The second kappa shape index (κ2) is 5.76. The van der Waals surface area contributed by atoms with Crippen LogP contribution in [0.1, 0.15) is 40.0 Å². The van der Waals surface area contributed by atoms with Crippen molar-refractivity contribution in [3.05, 3.63) is 0 Å². The Morgan fingerprint density at radius 3 is 2.53 bits per heavy atom. The average molecular weight is 259 g/mol. The topological polar surface area (TPSA) is 57.6 Å².